The lowest BCUT2D eigenvalue weighted by Gasteiger charge is -2.10. The topological polar surface area (TPSA) is 42.7 Å². The molecule has 0 saturated carbocycles. The number of rotatable bonds is 4. The Bertz CT molecular complexity index is 531. The van der Waals surface area contributed by atoms with Crippen molar-refractivity contribution in [3.63, 3.8) is 0 Å². The van der Waals surface area contributed by atoms with E-state index in [9.17, 15) is 13.2 Å². The minimum atomic E-state index is -4.42. The van der Waals surface area contributed by atoms with Gasteiger partial charge in [0.1, 0.15) is 5.69 Å². The van der Waals surface area contributed by atoms with Crippen LogP contribution in [0.2, 0.25) is 0 Å². The fraction of sp³-hybridized carbons (Fsp3) is 0.333. The maximum absolute atomic E-state index is 12.4. The van der Waals surface area contributed by atoms with Gasteiger partial charge in [0.25, 0.3) is 0 Å². The highest BCUT2D eigenvalue weighted by Crippen LogP contribution is 2.28. The summed E-state index contributed by atoms with van der Waals surface area (Å²) in [4.78, 5) is 7.48. The number of aromatic nitrogens is 3. The van der Waals surface area contributed by atoms with Crippen molar-refractivity contribution in [2.24, 2.45) is 0 Å². The Morgan fingerprint density at radius 2 is 2.05 bits per heavy atom. The van der Waals surface area contributed by atoms with Crippen LogP contribution in [0.5, 0.6) is 0 Å². The zero-order valence-corrected chi connectivity index (χ0v) is 10.3. The molecule has 0 spiro atoms. The van der Waals surface area contributed by atoms with Gasteiger partial charge in [0, 0.05) is 18.9 Å². The van der Waals surface area contributed by atoms with Gasteiger partial charge in [-0.15, -0.1) is 0 Å². The van der Waals surface area contributed by atoms with Crippen LogP contribution in [-0.4, -0.2) is 14.5 Å². The van der Waals surface area contributed by atoms with Gasteiger partial charge in [0.15, 0.2) is 0 Å². The van der Waals surface area contributed by atoms with Crippen molar-refractivity contribution in [3.05, 3.63) is 36.4 Å². The first-order valence-electron chi connectivity index (χ1n) is 5.82. The lowest BCUT2D eigenvalue weighted by atomic mass is 10.3. The van der Waals surface area contributed by atoms with Gasteiger partial charge in [-0.05, 0) is 18.6 Å². The Labute approximate surface area is 108 Å². The zero-order chi connectivity index (χ0) is 13.9. The zero-order valence-electron chi connectivity index (χ0n) is 10.3. The van der Waals surface area contributed by atoms with Crippen molar-refractivity contribution in [1.82, 2.24) is 14.5 Å². The summed E-state index contributed by atoms with van der Waals surface area (Å²) < 4.78 is 39.0. The molecular weight excluding hydrogens is 257 g/mol. The summed E-state index contributed by atoms with van der Waals surface area (Å²) in [6.45, 7) is 2.82. The summed E-state index contributed by atoms with van der Waals surface area (Å²) in [5.41, 5.74) is -0.438. The van der Waals surface area contributed by atoms with Crippen LogP contribution < -0.4 is 5.32 Å². The van der Waals surface area contributed by atoms with Gasteiger partial charge in [0.05, 0.1) is 11.9 Å². The second kappa shape index (κ2) is 5.29. The minimum absolute atomic E-state index is 0.469. The van der Waals surface area contributed by atoms with Crippen LogP contribution in [0, 0.1) is 0 Å². The Morgan fingerprint density at radius 3 is 2.63 bits per heavy atom. The van der Waals surface area contributed by atoms with Crippen molar-refractivity contribution < 1.29 is 13.2 Å². The first kappa shape index (κ1) is 13.4. The number of alkyl halides is 3. The molecule has 0 radical (unpaired) electrons. The molecule has 0 saturated heterocycles. The third kappa shape index (κ3) is 3.24. The quantitative estimate of drug-likeness (QED) is 0.925. The highest BCUT2D eigenvalue weighted by molar-refractivity contribution is 5.52. The van der Waals surface area contributed by atoms with E-state index in [1.807, 2.05) is 17.7 Å². The number of pyridine rings is 1. The normalized spacial score (nSPS) is 11.6. The first-order chi connectivity index (χ1) is 9.00. The van der Waals surface area contributed by atoms with Crippen molar-refractivity contribution in [2.45, 2.75) is 26.1 Å². The standard InChI is InChI=1S/C12H13F3N4/c1-2-6-19-7-5-16-11(19)18-9-3-4-10(17-8-9)12(13,14)15/h3-5,7-8H,2,6H2,1H3,(H,16,18). The number of anilines is 2. The van der Waals surface area contributed by atoms with Gasteiger partial charge in [-0.25, -0.2) is 9.97 Å². The van der Waals surface area contributed by atoms with Gasteiger partial charge in [-0.2, -0.15) is 13.2 Å². The maximum atomic E-state index is 12.4. The summed E-state index contributed by atoms with van der Waals surface area (Å²) >= 11 is 0. The van der Waals surface area contributed by atoms with Gasteiger partial charge in [0.2, 0.25) is 5.95 Å². The van der Waals surface area contributed by atoms with E-state index in [-0.39, 0.29) is 0 Å². The van der Waals surface area contributed by atoms with E-state index >= 15 is 0 Å². The van der Waals surface area contributed by atoms with Crippen molar-refractivity contribution in [1.29, 1.82) is 0 Å². The molecule has 2 aromatic heterocycles. The molecule has 7 heteroatoms. The number of hydrogen-bond donors (Lipinski definition) is 1. The molecule has 0 fully saturated rings. The number of hydrogen-bond acceptors (Lipinski definition) is 3. The molecule has 2 rings (SSSR count). The molecule has 4 nitrogen and oxygen atoms in total. The van der Waals surface area contributed by atoms with Crippen LogP contribution in [0.3, 0.4) is 0 Å². The highest BCUT2D eigenvalue weighted by Gasteiger charge is 2.32. The van der Waals surface area contributed by atoms with Crippen LogP contribution >= 0.6 is 0 Å². The predicted molar refractivity (Wildman–Crippen MR) is 65.0 cm³/mol. The van der Waals surface area contributed by atoms with Crippen LogP contribution in [-0.2, 0) is 12.7 Å². The van der Waals surface area contributed by atoms with Crippen LogP contribution in [0.4, 0.5) is 24.8 Å². The monoisotopic (exact) mass is 270 g/mol. The number of imidazole rings is 1. The molecule has 0 unspecified atom stereocenters. The Balaban J connectivity index is 2.13. The second-order valence-electron chi connectivity index (χ2n) is 4.00. The summed E-state index contributed by atoms with van der Waals surface area (Å²) in [7, 11) is 0. The van der Waals surface area contributed by atoms with Crippen LogP contribution in [0.1, 0.15) is 19.0 Å². The first-order valence-corrected chi connectivity index (χ1v) is 5.82. The largest absolute Gasteiger partial charge is 0.433 e. The van der Waals surface area contributed by atoms with Gasteiger partial charge in [-0.1, -0.05) is 6.92 Å². The van der Waals surface area contributed by atoms with E-state index in [1.165, 1.54) is 6.07 Å². The molecule has 0 amide bonds. The molecule has 0 aliphatic carbocycles. The smallest absolute Gasteiger partial charge is 0.324 e. The Morgan fingerprint density at radius 1 is 1.26 bits per heavy atom. The van der Waals surface area contributed by atoms with Crippen LogP contribution in [0.15, 0.2) is 30.7 Å². The third-order valence-electron chi connectivity index (χ3n) is 2.49. The molecule has 0 aromatic carbocycles. The molecule has 0 aliphatic heterocycles. The fourth-order valence-electron chi connectivity index (χ4n) is 1.62. The van der Waals surface area contributed by atoms with E-state index in [2.05, 4.69) is 15.3 Å². The SMILES string of the molecule is CCCn1ccnc1Nc1ccc(C(F)(F)F)nc1. The summed E-state index contributed by atoms with van der Waals surface area (Å²) in [6, 6.07) is 2.27. The molecular formula is C12H13F3N4. The second-order valence-corrected chi connectivity index (χ2v) is 4.00. The molecule has 19 heavy (non-hydrogen) atoms. The molecule has 2 heterocycles. The lowest BCUT2D eigenvalue weighted by Crippen LogP contribution is -2.08. The van der Waals surface area contributed by atoms with E-state index in [0.29, 0.717) is 11.6 Å². The number of halogens is 3. The predicted octanol–water partition coefficient (Wildman–Crippen LogP) is 3.45. The number of nitrogens with one attached hydrogen (secondary N) is 1. The van der Waals surface area contributed by atoms with Gasteiger partial charge < -0.3 is 9.88 Å². The molecule has 0 bridgehead atoms. The van der Waals surface area contributed by atoms with E-state index < -0.39 is 11.9 Å². The average Bonchev–Trinajstić information content (AvgIpc) is 2.77. The van der Waals surface area contributed by atoms with E-state index in [4.69, 9.17) is 0 Å². The molecule has 102 valence electrons. The van der Waals surface area contributed by atoms with Crippen molar-refractivity contribution in [2.75, 3.05) is 5.32 Å². The summed E-state index contributed by atoms with van der Waals surface area (Å²) in [6.07, 6.45) is 1.11. The molecule has 0 atom stereocenters. The maximum Gasteiger partial charge on any atom is 0.433 e. The average molecular weight is 270 g/mol. The van der Waals surface area contributed by atoms with Gasteiger partial charge >= 0.3 is 6.18 Å². The molecule has 1 N–H and O–H groups in total. The fourth-order valence-corrected chi connectivity index (χ4v) is 1.62. The summed E-state index contributed by atoms with van der Waals surface area (Å²) in [5.74, 6) is 0.586. The van der Waals surface area contributed by atoms with Gasteiger partial charge in [-0.3, -0.25) is 0 Å². The third-order valence-corrected chi connectivity index (χ3v) is 2.49. The van der Waals surface area contributed by atoms with E-state index in [1.54, 1.807) is 6.20 Å². The lowest BCUT2D eigenvalue weighted by molar-refractivity contribution is -0.141. The van der Waals surface area contributed by atoms with E-state index in [0.717, 1.165) is 25.2 Å². The molecule has 0 aliphatic rings. The Hall–Kier alpha value is -2.05. The number of nitrogens with zero attached hydrogens (tertiary/aromatic N) is 3. The summed E-state index contributed by atoms with van der Waals surface area (Å²) in [5, 5.41) is 2.94. The van der Waals surface area contributed by atoms with Crippen molar-refractivity contribution >= 4 is 11.6 Å². The minimum Gasteiger partial charge on any atom is -0.324 e. The van der Waals surface area contributed by atoms with Crippen molar-refractivity contribution in [3.8, 4) is 0 Å². The van der Waals surface area contributed by atoms with Crippen LogP contribution in [0.25, 0.3) is 0 Å². The number of aryl methyl sites for hydroxylation is 1. The highest BCUT2D eigenvalue weighted by atomic mass is 19.4. The Kier molecular flexibility index (Phi) is 3.73. The molecule has 2 aromatic rings.